The minimum Gasteiger partial charge on any atom is -0.389 e. The van der Waals surface area contributed by atoms with Crippen molar-refractivity contribution in [2.45, 2.75) is 54.4 Å². The maximum atomic E-state index is 13.3. The van der Waals surface area contributed by atoms with Crippen LogP contribution in [0.4, 0.5) is 17.6 Å². The van der Waals surface area contributed by atoms with Crippen LogP contribution in [0.2, 0.25) is 0 Å². The zero-order valence-corrected chi connectivity index (χ0v) is 12.1. The highest BCUT2D eigenvalue weighted by Crippen LogP contribution is 2.49. The fourth-order valence-corrected chi connectivity index (χ4v) is 5.40. The van der Waals surface area contributed by atoms with Gasteiger partial charge in [-0.1, -0.05) is 0 Å². The summed E-state index contributed by atoms with van der Waals surface area (Å²) in [6.45, 7) is 0. The molecule has 2 aliphatic heterocycles. The van der Waals surface area contributed by atoms with E-state index in [1.165, 1.54) is 0 Å². The summed E-state index contributed by atoms with van der Waals surface area (Å²) in [5.74, 6) is -0.699. The first-order valence-corrected chi connectivity index (χ1v) is 7.93. The molecule has 0 spiro atoms. The molecule has 0 radical (unpaired) electrons. The molecule has 1 N–H and O–H groups in total. The summed E-state index contributed by atoms with van der Waals surface area (Å²) in [7, 11) is 0. The summed E-state index contributed by atoms with van der Waals surface area (Å²) in [4.78, 5) is 0. The molecule has 0 aromatic heterocycles. The maximum absolute atomic E-state index is 13.3. The smallest absolute Gasteiger partial charge is 0.389 e. The minimum absolute atomic E-state index is 0.132. The van der Waals surface area contributed by atoms with Crippen LogP contribution in [-0.2, 0) is 12.6 Å². The van der Waals surface area contributed by atoms with Crippen molar-refractivity contribution < 1.29 is 22.7 Å². The molecule has 0 amide bonds. The van der Waals surface area contributed by atoms with E-state index < -0.39 is 23.2 Å². The number of hydrogen-bond donors (Lipinski definition) is 1. The standard InChI is InChI=1S/C15H16F4OS/c16-10-1-4-13(15(17,18)19)9(5-10)6-14(20)7-11-2-3-12(8-14)21-11/h1,4-5,11-12,20H,2-3,6-8H2. The van der Waals surface area contributed by atoms with Gasteiger partial charge in [-0.3, -0.25) is 0 Å². The maximum Gasteiger partial charge on any atom is 0.416 e. The lowest BCUT2D eigenvalue weighted by atomic mass is 9.85. The van der Waals surface area contributed by atoms with Gasteiger partial charge in [0.25, 0.3) is 0 Å². The van der Waals surface area contributed by atoms with E-state index in [4.69, 9.17) is 0 Å². The molecule has 2 unspecified atom stereocenters. The Kier molecular flexibility index (Phi) is 3.72. The Morgan fingerprint density at radius 2 is 1.81 bits per heavy atom. The topological polar surface area (TPSA) is 20.2 Å². The van der Waals surface area contributed by atoms with Gasteiger partial charge in [-0.25, -0.2) is 4.39 Å². The van der Waals surface area contributed by atoms with Crippen molar-refractivity contribution in [3.05, 3.63) is 35.1 Å². The van der Waals surface area contributed by atoms with E-state index in [-0.39, 0.29) is 12.0 Å². The number of alkyl halides is 3. The molecule has 2 bridgehead atoms. The number of rotatable bonds is 2. The predicted molar refractivity (Wildman–Crippen MR) is 73.7 cm³/mol. The zero-order chi connectivity index (χ0) is 15.3. The molecule has 116 valence electrons. The summed E-state index contributed by atoms with van der Waals surface area (Å²) in [5.41, 5.74) is -2.13. The molecule has 6 heteroatoms. The third-order valence-corrected chi connectivity index (χ3v) is 5.88. The highest BCUT2D eigenvalue weighted by atomic mass is 32.2. The monoisotopic (exact) mass is 320 g/mol. The van der Waals surface area contributed by atoms with Gasteiger partial charge >= 0.3 is 6.18 Å². The largest absolute Gasteiger partial charge is 0.416 e. The van der Waals surface area contributed by atoms with Crippen LogP contribution in [0, 0.1) is 5.82 Å². The number of hydrogen-bond acceptors (Lipinski definition) is 2. The van der Waals surface area contributed by atoms with E-state index in [0.717, 1.165) is 31.0 Å². The van der Waals surface area contributed by atoms with Gasteiger partial charge in [0.1, 0.15) is 5.82 Å². The Balaban J connectivity index is 1.89. The van der Waals surface area contributed by atoms with E-state index in [9.17, 15) is 22.7 Å². The predicted octanol–water partition coefficient (Wildman–Crippen LogP) is 4.18. The second-order valence-electron chi connectivity index (χ2n) is 6.07. The Hall–Kier alpha value is -0.750. The molecule has 0 saturated carbocycles. The number of fused-ring (bicyclic) bond motifs is 2. The van der Waals surface area contributed by atoms with Gasteiger partial charge in [0.15, 0.2) is 0 Å². The molecule has 2 saturated heterocycles. The van der Waals surface area contributed by atoms with Crippen molar-refractivity contribution in [2.24, 2.45) is 0 Å². The van der Waals surface area contributed by atoms with Crippen molar-refractivity contribution in [1.82, 2.24) is 0 Å². The number of thioether (sulfide) groups is 1. The fraction of sp³-hybridized carbons (Fsp3) is 0.600. The Labute approximate surface area is 124 Å². The molecular weight excluding hydrogens is 304 g/mol. The van der Waals surface area contributed by atoms with Crippen LogP contribution in [0.3, 0.4) is 0 Å². The van der Waals surface area contributed by atoms with E-state index in [1.54, 1.807) is 0 Å². The average Bonchev–Trinajstić information content (AvgIpc) is 2.67. The van der Waals surface area contributed by atoms with Crippen LogP contribution >= 0.6 is 11.8 Å². The van der Waals surface area contributed by atoms with Crippen LogP contribution in [-0.4, -0.2) is 21.2 Å². The number of halogens is 4. The molecule has 1 aromatic rings. The zero-order valence-electron chi connectivity index (χ0n) is 11.3. The lowest BCUT2D eigenvalue weighted by molar-refractivity contribution is -0.138. The molecule has 2 aliphatic rings. The van der Waals surface area contributed by atoms with Crippen LogP contribution in [0.1, 0.15) is 36.8 Å². The van der Waals surface area contributed by atoms with Gasteiger partial charge in [0, 0.05) is 16.9 Å². The van der Waals surface area contributed by atoms with Crippen molar-refractivity contribution in [3.63, 3.8) is 0 Å². The lowest BCUT2D eigenvalue weighted by Crippen LogP contribution is -2.39. The third kappa shape index (κ3) is 3.21. The van der Waals surface area contributed by atoms with Gasteiger partial charge in [0.2, 0.25) is 0 Å². The molecule has 2 fully saturated rings. The Morgan fingerprint density at radius 1 is 1.19 bits per heavy atom. The Morgan fingerprint density at radius 3 is 2.38 bits per heavy atom. The van der Waals surface area contributed by atoms with Gasteiger partial charge in [-0.05, 0) is 49.4 Å². The summed E-state index contributed by atoms with van der Waals surface area (Å²) in [6, 6.07) is 2.49. The normalized spacial score (nSPS) is 32.4. The second kappa shape index (κ2) is 5.16. The number of aliphatic hydroxyl groups is 1. The molecule has 2 heterocycles. The van der Waals surface area contributed by atoms with Gasteiger partial charge < -0.3 is 5.11 Å². The van der Waals surface area contributed by atoms with Crippen molar-refractivity contribution in [3.8, 4) is 0 Å². The Bertz CT molecular complexity index is 531. The van der Waals surface area contributed by atoms with Crippen molar-refractivity contribution >= 4 is 11.8 Å². The first-order chi connectivity index (χ1) is 9.75. The van der Waals surface area contributed by atoms with Gasteiger partial charge in [0.05, 0.1) is 11.2 Å². The van der Waals surface area contributed by atoms with Crippen LogP contribution < -0.4 is 0 Å². The van der Waals surface area contributed by atoms with Crippen molar-refractivity contribution in [2.75, 3.05) is 0 Å². The minimum atomic E-state index is -4.53. The van der Waals surface area contributed by atoms with Gasteiger partial charge in [-0.2, -0.15) is 24.9 Å². The summed E-state index contributed by atoms with van der Waals surface area (Å²) < 4.78 is 52.4. The van der Waals surface area contributed by atoms with E-state index in [1.807, 2.05) is 11.8 Å². The van der Waals surface area contributed by atoms with Crippen LogP contribution in [0.25, 0.3) is 0 Å². The quantitative estimate of drug-likeness (QED) is 0.825. The van der Waals surface area contributed by atoms with E-state index in [0.29, 0.717) is 23.3 Å². The van der Waals surface area contributed by atoms with Crippen LogP contribution in [0.15, 0.2) is 18.2 Å². The first kappa shape index (κ1) is 15.2. The average molecular weight is 320 g/mol. The van der Waals surface area contributed by atoms with Crippen molar-refractivity contribution in [1.29, 1.82) is 0 Å². The molecule has 21 heavy (non-hydrogen) atoms. The molecular formula is C15H16F4OS. The summed E-state index contributed by atoms with van der Waals surface area (Å²) in [5, 5.41) is 11.3. The third-order valence-electron chi connectivity index (χ3n) is 4.30. The molecule has 1 aromatic carbocycles. The second-order valence-corrected chi connectivity index (χ2v) is 7.67. The molecule has 3 rings (SSSR count). The molecule has 1 nitrogen and oxygen atoms in total. The molecule has 2 atom stereocenters. The molecule has 0 aliphatic carbocycles. The first-order valence-electron chi connectivity index (χ1n) is 6.99. The van der Waals surface area contributed by atoms with Crippen LogP contribution in [0.5, 0.6) is 0 Å². The van der Waals surface area contributed by atoms with E-state index >= 15 is 0 Å². The summed E-state index contributed by atoms with van der Waals surface area (Å²) >= 11 is 1.82. The number of benzene rings is 1. The SMILES string of the molecule is OC1(Cc2cc(F)ccc2C(F)(F)F)CC2CCC(C1)S2. The highest BCUT2D eigenvalue weighted by molar-refractivity contribution is 8.00. The highest BCUT2D eigenvalue weighted by Gasteiger charge is 2.44. The fourth-order valence-electron chi connectivity index (χ4n) is 3.50. The van der Waals surface area contributed by atoms with Gasteiger partial charge in [-0.15, -0.1) is 0 Å². The van der Waals surface area contributed by atoms with E-state index in [2.05, 4.69) is 0 Å². The lowest BCUT2D eigenvalue weighted by Gasteiger charge is -2.36. The summed E-state index contributed by atoms with van der Waals surface area (Å²) in [6.07, 6.45) is -1.67.